The molecule has 0 aliphatic carbocycles. The van der Waals surface area contributed by atoms with Gasteiger partial charge in [0.1, 0.15) is 0 Å². The Bertz CT molecular complexity index is 770. The first-order valence-corrected chi connectivity index (χ1v) is 7.93. The van der Waals surface area contributed by atoms with Crippen molar-refractivity contribution in [2.75, 3.05) is 16.1 Å². The zero-order valence-corrected chi connectivity index (χ0v) is 14.3. The second-order valence-corrected chi connectivity index (χ2v) is 5.55. The van der Waals surface area contributed by atoms with Gasteiger partial charge in [-0.1, -0.05) is 18.2 Å². The number of Topliss-reactive ketones (excluding diaryl/α,β-unsaturated/α-hetero) is 1. The highest BCUT2D eigenvalue weighted by atomic mass is 32.1. The fourth-order valence-corrected chi connectivity index (χ4v) is 2.11. The largest absolute Gasteiger partial charge is 0.332 e. The van der Waals surface area contributed by atoms with Crippen LogP contribution in [0.15, 0.2) is 54.6 Å². The first-order valence-electron chi connectivity index (χ1n) is 7.53. The molecule has 0 radical (unpaired) electrons. The third-order valence-electron chi connectivity index (χ3n) is 3.10. The number of rotatable bonds is 7. The molecule has 6 nitrogen and oxygen atoms in total. The van der Waals surface area contributed by atoms with Crippen molar-refractivity contribution in [2.24, 2.45) is 0 Å². The minimum Gasteiger partial charge on any atom is -0.332 e. The molecular formula is C17H16F2N4O2S. The van der Waals surface area contributed by atoms with Crippen LogP contribution < -0.4 is 21.5 Å². The Hall–Kier alpha value is -3.07. The summed E-state index contributed by atoms with van der Waals surface area (Å²) >= 11 is 5.21. The highest BCUT2D eigenvalue weighted by Gasteiger charge is 2.18. The van der Waals surface area contributed by atoms with Gasteiger partial charge in [-0.3, -0.25) is 20.4 Å². The molecule has 0 fully saturated rings. The number of hydrogen-bond acceptors (Lipinski definition) is 4. The third kappa shape index (κ3) is 6.44. The van der Waals surface area contributed by atoms with Crippen molar-refractivity contribution in [3.05, 3.63) is 54.6 Å². The summed E-state index contributed by atoms with van der Waals surface area (Å²) in [5.74, 6) is -2.27. The number of para-hydroxylation sites is 1. The molecule has 0 aromatic heterocycles. The number of halogens is 2. The van der Waals surface area contributed by atoms with Gasteiger partial charge in [0.25, 0.3) is 6.43 Å². The molecular weight excluding hydrogens is 362 g/mol. The molecule has 136 valence electrons. The molecule has 0 heterocycles. The second-order valence-electron chi connectivity index (χ2n) is 5.14. The molecule has 26 heavy (non-hydrogen) atoms. The van der Waals surface area contributed by atoms with Crippen LogP contribution in [0.1, 0.15) is 6.42 Å². The summed E-state index contributed by atoms with van der Waals surface area (Å²) in [6, 6.07) is 16.1. The molecule has 0 atom stereocenters. The molecule has 0 saturated carbocycles. The Morgan fingerprint density at radius 1 is 0.885 bits per heavy atom. The number of hydrazine groups is 1. The molecule has 2 rings (SSSR count). The van der Waals surface area contributed by atoms with Crippen molar-refractivity contribution in [3.8, 4) is 0 Å². The van der Waals surface area contributed by atoms with Gasteiger partial charge in [-0.2, -0.15) is 0 Å². The number of nitrogens with one attached hydrogen (secondary N) is 4. The van der Waals surface area contributed by atoms with Crippen LogP contribution in [0.25, 0.3) is 0 Å². The van der Waals surface area contributed by atoms with Gasteiger partial charge in [-0.25, -0.2) is 8.78 Å². The van der Waals surface area contributed by atoms with E-state index in [1.54, 1.807) is 24.3 Å². The lowest BCUT2D eigenvalue weighted by Gasteiger charge is -2.12. The van der Waals surface area contributed by atoms with Crippen molar-refractivity contribution >= 4 is 46.1 Å². The van der Waals surface area contributed by atoms with E-state index in [1.807, 2.05) is 30.3 Å². The maximum Gasteiger partial charge on any atom is 0.296 e. The molecule has 0 unspecified atom stereocenters. The second kappa shape index (κ2) is 9.42. The Balaban J connectivity index is 1.79. The quantitative estimate of drug-likeness (QED) is 0.337. The fraction of sp³-hybridized carbons (Fsp3) is 0.118. The number of ketones is 1. The van der Waals surface area contributed by atoms with Gasteiger partial charge < -0.3 is 10.6 Å². The zero-order chi connectivity index (χ0) is 18.9. The number of carbonyl (C=O) groups is 2. The highest BCUT2D eigenvalue weighted by molar-refractivity contribution is 7.80. The average molecular weight is 378 g/mol. The van der Waals surface area contributed by atoms with Crippen LogP contribution in [-0.2, 0) is 9.59 Å². The minimum atomic E-state index is -3.15. The maximum absolute atomic E-state index is 12.1. The summed E-state index contributed by atoms with van der Waals surface area (Å²) in [4.78, 5) is 22.1. The third-order valence-corrected chi connectivity index (χ3v) is 3.30. The van der Waals surface area contributed by atoms with E-state index in [0.717, 1.165) is 5.69 Å². The first-order chi connectivity index (χ1) is 12.4. The topological polar surface area (TPSA) is 82.3 Å². The van der Waals surface area contributed by atoms with Crippen molar-refractivity contribution in [2.45, 2.75) is 12.8 Å². The molecule has 2 aromatic rings. The summed E-state index contributed by atoms with van der Waals surface area (Å²) in [6.45, 7) is 0. The lowest BCUT2D eigenvalue weighted by molar-refractivity contribution is -0.134. The summed E-state index contributed by atoms with van der Waals surface area (Å²) in [5, 5.41) is 6.44. The average Bonchev–Trinajstić information content (AvgIpc) is 2.61. The van der Waals surface area contributed by atoms with Crippen LogP contribution in [0.5, 0.6) is 0 Å². The molecule has 0 saturated heterocycles. The standard InChI is InChI=1S/C17H16F2N4O2S/c18-16(19)14(24)10-15(25)23-22-13-8-6-12(7-9-13)21-17(26)20-11-4-2-1-3-5-11/h1-9,16,22H,10H2,(H,23,25)(H2,20,21,26). The summed E-state index contributed by atoms with van der Waals surface area (Å²) in [7, 11) is 0. The predicted molar refractivity (Wildman–Crippen MR) is 100 cm³/mol. The number of amides is 1. The van der Waals surface area contributed by atoms with Crippen molar-refractivity contribution in [1.29, 1.82) is 0 Å². The van der Waals surface area contributed by atoms with Crippen molar-refractivity contribution in [3.63, 3.8) is 0 Å². The lowest BCUT2D eigenvalue weighted by atomic mass is 10.3. The number of benzene rings is 2. The van der Waals surface area contributed by atoms with Crippen LogP contribution >= 0.6 is 12.2 Å². The van der Waals surface area contributed by atoms with E-state index in [0.29, 0.717) is 16.5 Å². The van der Waals surface area contributed by atoms with Crippen molar-refractivity contribution in [1.82, 2.24) is 5.43 Å². The van der Waals surface area contributed by atoms with Crippen LogP contribution in [0.3, 0.4) is 0 Å². The zero-order valence-electron chi connectivity index (χ0n) is 13.5. The highest BCUT2D eigenvalue weighted by Crippen LogP contribution is 2.14. The van der Waals surface area contributed by atoms with E-state index in [4.69, 9.17) is 12.2 Å². The SMILES string of the molecule is O=C(CC(=O)C(F)F)NNc1ccc(NC(=S)Nc2ccccc2)cc1. The van der Waals surface area contributed by atoms with Gasteiger partial charge in [0, 0.05) is 11.4 Å². The molecule has 0 spiro atoms. The van der Waals surface area contributed by atoms with Gasteiger partial charge in [0.05, 0.1) is 12.1 Å². The van der Waals surface area contributed by atoms with E-state index in [9.17, 15) is 18.4 Å². The first kappa shape index (κ1) is 19.3. The number of thiocarbonyl (C=S) groups is 1. The number of anilines is 3. The van der Waals surface area contributed by atoms with E-state index in [2.05, 4.69) is 21.5 Å². The predicted octanol–water partition coefficient (Wildman–Crippen LogP) is 3.16. The Morgan fingerprint density at radius 2 is 1.42 bits per heavy atom. The molecule has 1 amide bonds. The van der Waals surface area contributed by atoms with Crippen LogP contribution in [0.4, 0.5) is 25.8 Å². The molecule has 4 N–H and O–H groups in total. The molecule has 0 bridgehead atoms. The van der Waals surface area contributed by atoms with E-state index >= 15 is 0 Å². The maximum atomic E-state index is 12.1. The fourth-order valence-electron chi connectivity index (χ4n) is 1.87. The van der Waals surface area contributed by atoms with Crippen LogP contribution in [-0.4, -0.2) is 23.2 Å². The van der Waals surface area contributed by atoms with E-state index in [1.165, 1.54) is 0 Å². The Kier molecular flexibility index (Phi) is 6.98. The molecule has 9 heteroatoms. The number of hydrogen-bond donors (Lipinski definition) is 4. The Labute approximate surface area is 153 Å². The Morgan fingerprint density at radius 3 is 2.00 bits per heavy atom. The minimum absolute atomic E-state index is 0.413. The molecule has 0 aliphatic heterocycles. The van der Waals surface area contributed by atoms with E-state index < -0.39 is 24.5 Å². The molecule has 2 aromatic carbocycles. The summed E-state index contributed by atoms with van der Waals surface area (Å²) < 4.78 is 24.1. The number of alkyl halides is 2. The lowest BCUT2D eigenvalue weighted by Crippen LogP contribution is -2.32. The van der Waals surface area contributed by atoms with E-state index in [-0.39, 0.29) is 0 Å². The smallest absolute Gasteiger partial charge is 0.296 e. The van der Waals surface area contributed by atoms with Gasteiger partial charge in [0.2, 0.25) is 11.7 Å². The molecule has 0 aliphatic rings. The van der Waals surface area contributed by atoms with Crippen LogP contribution in [0, 0.1) is 0 Å². The van der Waals surface area contributed by atoms with Gasteiger partial charge in [-0.15, -0.1) is 0 Å². The summed E-state index contributed by atoms with van der Waals surface area (Å²) in [5.41, 5.74) is 6.78. The normalized spacial score (nSPS) is 10.1. The van der Waals surface area contributed by atoms with Gasteiger partial charge in [0.15, 0.2) is 5.11 Å². The van der Waals surface area contributed by atoms with Gasteiger partial charge >= 0.3 is 0 Å². The number of carbonyl (C=O) groups excluding carboxylic acids is 2. The van der Waals surface area contributed by atoms with Crippen LogP contribution in [0.2, 0.25) is 0 Å². The van der Waals surface area contributed by atoms with Gasteiger partial charge in [-0.05, 0) is 48.6 Å². The van der Waals surface area contributed by atoms with Crippen molar-refractivity contribution < 1.29 is 18.4 Å². The monoisotopic (exact) mass is 378 g/mol. The summed E-state index contributed by atoms with van der Waals surface area (Å²) in [6.07, 6.45) is -4.04.